The Morgan fingerprint density at radius 1 is 1.29 bits per heavy atom. The van der Waals surface area contributed by atoms with Crippen molar-refractivity contribution in [2.75, 3.05) is 37.7 Å². The molecule has 1 aromatic rings. The normalized spacial score (nSPS) is 14.9. The molecule has 0 aromatic carbocycles. The molecular formula is C18H30N4O2. The highest BCUT2D eigenvalue weighted by molar-refractivity contribution is 5.92. The predicted molar refractivity (Wildman–Crippen MR) is 95.6 cm³/mol. The summed E-state index contributed by atoms with van der Waals surface area (Å²) in [5, 5.41) is 2.93. The molecule has 2 heterocycles. The molecule has 1 saturated heterocycles. The van der Waals surface area contributed by atoms with Crippen LogP contribution in [0.15, 0.2) is 6.07 Å². The Bertz CT molecular complexity index is 528. The average Bonchev–Trinajstić information content (AvgIpc) is 2.61. The van der Waals surface area contributed by atoms with E-state index in [1.54, 1.807) is 0 Å². The molecule has 1 aromatic heterocycles. The summed E-state index contributed by atoms with van der Waals surface area (Å²) in [6, 6.07) is 1.82. The molecule has 2 rings (SSSR count). The van der Waals surface area contributed by atoms with Crippen molar-refractivity contribution < 1.29 is 9.53 Å². The summed E-state index contributed by atoms with van der Waals surface area (Å²) < 4.78 is 5.29. The van der Waals surface area contributed by atoms with Crippen LogP contribution in [-0.2, 0) is 4.74 Å². The van der Waals surface area contributed by atoms with Crippen molar-refractivity contribution in [3.63, 3.8) is 0 Å². The minimum Gasteiger partial charge on any atom is -0.382 e. The molecule has 134 valence electrons. The first-order chi connectivity index (χ1) is 11.6. The molecule has 0 unspecified atom stereocenters. The van der Waals surface area contributed by atoms with Crippen molar-refractivity contribution in [2.45, 2.75) is 52.4 Å². The molecule has 0 aliphatic carbocycles. The number of nitrogens with one attached hydrogen (secondary N) is 1. The number of anilines is 1. The molecule has 1 fully saturated rings. The number of amides is 1. The number of nitrogens with zero attached hydrogens (tertiary/aromatic N) is 3. The number of aromatic nitrogens is 2. The van der Waals surface area contributed by atoms with E-state index >= 15 is 0 Å². The van der Waals surface area contributed by atoms with E-state index in [9.17, 15) is 4.79 Å². The molecule has 0 bridgehead atoms. The van der Waals surface area contributed by atoms with Gasteiger partial charge in [0.2, 0.25) is 5.95 Å². The zero-order valence-electron chi connectivity index (χ0n) is 15.2. The van der Waals surface area contributed by atoms with E-state index in [2.05, 4.69) is 34.0 Å². The zero-order chi connectivity index (χ0) is 17.4. The molecule has 0 radical (unpaired) electrons. The Hall–Kier alpha value is -1.69. The molecule has 1 amide bonds. The maximum absolute atomic E-state index is 12.4. The highest BCUT2D eigenvalue weighted by atomic mass is 16.5. The third kappa shape index (κ3) is 5.44. The Morgan fingerprint density at radius 2 is 2.04 bits per heavy atom. The summed E-state index contributed by atoms with van der Waals surface area (Å²) in [6.45, 7) is 10.0. The first-order valence-electron chi connectivity index (χ1n) is 9.11. The van der Waals surface area contributed by atoms with E-state index in [1.165, 1.54) is 6.42 Å². The fourth-order valence-electron chi connectivity index (χ4n) is 2.71. The maximum atomic E-state index is 12.4. The van der Waals surface area contributed by atoms with Crippen molar-refractivity contribution in [3.05, 3.63) is 17.5 Å². The molecule has 1 N–H and O–H groups in total. The van der Waals surface area contributed by atoms with Crippen LogP contribution >= 0.6 is 0 Å². The van der Waals surface area contributed by atoms with Crippen LogP contribution in [0.1, 0.15) is 68.6 Å². The second-order valence-electron chi connectivity index (χ2n) is 6.49. The van der Waals surface area contributed by atoms with Crippen molar-refractivity contribution in [1.29, 1.82) is 0 Å². The van der Waals surface area contributed by atoms with E-state index in [-0.39, 0.29) is 11.8 Å². The standard InChI is InChI=1S/C18H30N4O2/c1-4-24-12-8-9-19-17(23)16-13-15(14(2)3)20-18(21-16)22-10-6-5-7-11-22/h13-14H,4-12H2,1-3H3,(H,19,23). The number of carbonyl (C=O) groups excluding carboxylic acids is 1. The van der Waals surface area contributed by atoms with Crippen LogP contribution in [0.3, 0.4) is 0 Å². The van der Waals surface area contributed by atoms with Gasteiger partial charge in [-0.1, -0.05) is 13.8 Å². The lowest BCUT2D eigenvalue weighted by molar-refractivity contribution is 0.0939. The van der Waals surface area contributed by atoms with E-state index < -0.39 is 0 Å². The van der Waals surface area contributed by atoms with Gasteiger partial charge in [-0.2, -0.15) is 0 Å². The van der Waals surface area contributed by atoms with Crippen LogP contribution in [0.2, 0.25) is 0 Å². The zero-order valence-corrected chi connectivity index (χ0v) is 15.2. The predicted octanol–water partition coefficient (Wildman–Crippen LogP) is 2.75. The molecule has 24 heavy (non-hydrogen) atoms. The summed E-state index contributed by atoms with van der Waals surface area (Å²) in [7, 11) is 0. The fourth-order valence-corrected chi connectivity index (χ4v) is 2.71. The topological polar surface area (TPSA) is 67.3 Å². The lowest BCUT2D eigenvalue weighted by atomic mass is 10.1. The number of hydrogen-bond donors (Lipinski definition) is 1. The minimum atomic E-state index is -0.131. The average molecular weight is 334 g/mol. The van der Waals surface area contributed by atoms with Gasteiger partial charge in [0, 0.05) is 38.5 Å². The highest BCUT2D eigenvalue weighted by Gasteiger charge is 2.18. The molecule has 0 atom stereocenters. The Labute approximate surface area is 145 Å². The number of rotatable bonds is 8. The van der Waals surface area contributed by atoms with E-state index in [0.29, 0.717) is 31.4 Å². The van der Waals surface area contributed by atoms with Gasteiger partial charge in [0.25, 0.3) is 5.91 Å². The summed E-state index contributed by atoms with van der Waals surface area (Å²) in [5.41, 5.74) is 1.38. The van der Waals surface area contributed by atoms with E-state index in [0.717, 1.165) is 38.0 Å². The molecule has 0 saturated carbocycles. The SMILES string of the molecule is CCOCCCNC(=O)c1cc(C(C)C)nc(N2CCCCC2)n1. The quantitative estimate of drug-likeness (QED) is 0.741. The van der Waals surface area contributed by atoms with Crippen LogP contribution in [-0.4, -0.2) is 48.7 Å². The Morgan fingerprint density at radius 3 is 2.71 bits per heavy atom. The number of ether oxygens (including phenoxy) is 1. The fraction of sp³-hybridized carbons (Fsp3) is 0.722. The lowest BCUT2D eigenvalue weighted by Crippen LogP contribution is -2.33. The van der Waals surface area contributed by atoms with Crippen LogP contribution in [0.4, 0.5) is 5.95 Å². The van der Waals surface area contributed by atoms with Gasteiger partial charge >= 0.3 is 0 Å². The second-order valence-corrected chi connectivity index (χ2v) is 6.49. The van der Waals surface area contributed by atoms with Crippen molar-refractivity contribution in [2.24, 2.45) is 0 Å². The van der Waals surface area contributed by atoms with Crippen LogP contribution in [0.25, 0.3) is 0 Å². The first-order valence-corrected chi connectivity index (χ1v) is 9.11. The molecule has 6 heteroatoms. The van der Waals surface area contributed by atoms with Crippen molar-refractivity contribution in [1.82, 2.24) is 15.3 Å². The summed E-state index contributed by atoms with van der Waals surface area (Å²) in [6.07, 6.45) is 4.39. The lowest BCUT2D eigenvalue weighted by Gasteiger charge is -2.27. The summed E-state index contributed by atoms with van der Waals surface area (Å²) in [5.74, 6) is 0.829. The Kier molecular flexibility index (Phi) is 7.43. The minimum absolute atomic E-state index is 0.131. The largest absolute Gasteiger partial charge is 0.382 e. The highest BCUT2D eigenvalue weighted by Crippen LogP contribution is 2.20. The van der Waals surface area contributed by atoms with Gasteiger partial charge in [0.05, 0.1) is 0 Å². The second kappa shape index (κ2) is 9.57. The van der Waals surface area contributed by atoms with Crippen LogP contribution < -0.4 is 10.2 Å². The van der Waals surface area contributed by atoms with Gasteiger partial charge < -0.3 is 15.0 Å². The molecule has 1 aliphatic heterocycles. The Balaban J connectivity index is 2.06. The number of hydrogen-bond acceptors (Lipinski definition) is 5. The first kappa shape index (κ1) is 18.6. The van der Waals surface area contributed by atoms with Gasteiger partial charge in [-0.25, -0.2) is 9.97 Å². The molecule has 0 spiro atoms. The van der Waals surface area contributed by atoms with E-state index in [4.69, 9.17) is 4.74 Å². The molecule has 6 nitrogen and oxygen atoms in total. The van der Waals surface area contributed by atoms with Crippen LogP contribution in [0.5, 0.6) is 0 Å². The molecular weight excluding hydrogens is 304 g/mol. The van der Waals surface area contributed by atoms with Gasteiger partial charge in [-0.3, -0.25) is 4.79 Å². The maximum Gasteiger partial charge on any atom is 0.270 e. The third-order valence-electron chi connectivity index (χ3n) is 4.15. The van der Waals surface area contributed by atoms with Gasteiger partial charge in [-0.05, 0) is 44.6 Å². The number of piperidine rings is 1. The van der Waals surface area contributed by atoms with Gasteiger partial charge in [-0.15, -0.1) is 0 Å². The van der Waals surface area contributed by atoms with Crippen molar-refractivity contribution in [3.8, 4) is 0 Å². The van der Waals surface area contributed by atoms with Crippen molar-refractivity contribution >= 4 is 11.9 Å². The number of carbonyl (C=O) groups is 1. The smallest absolute Gasteiger partial charge is 0.270 e. The van der Waals surface area contributed by atoms with E-state index in [1.807, 2.05) is 13.0 Å². The third-order valence-corrected chi connectivity index (χ3v) is 4.15. The monoisotopic (exact) mass is 334 g/mol. The summed E-state index contributed by atoms with van der Waals surface area (Å²) >= 11 is 0. The molecule has 1 aliphatic rings. The van der Waals surface area contributed by atoms with Gasteiger partial charge in [0.15, 0.2) is 0 Å². The van der Waals surface area contributed by atoms with Crippen LogP contribution in [0, 0.1) is 0 Å². The van der Waals surface area contributed by atoms with Gasteiger partial charge in [0.1, 0.15) is 5.69 Å². The summed E-state index contributed by atoms with van der Waals surface area (Å²) in [4.78, 5) is 23.8.